The van der Waals surface area contributed by atoms with Gasteiger partial charge >= 0.3 is 0 Å². The number of rotatable bonds is 5. The van der Waals surface area contributed by atoms with Gasteiger partial charge in [-0.05, 0) is 50.5 Å². The minimum Gasteiger partial charge on any atom is -0.369 e. The normalized spacial score (nSPS) is 18.3. The van der Waals surface area contributed by atoms with Gasteiger partial charge < -0.3 is 15.5 Å². The lowest BCUT2D eigenvalue weighted by molar-refractivity contribution is -0.119. The maximum atomic E-state index is 11.6. The Morgan fingerprint density at radius 2 is 1.67 bits per heavy atom. The van der Waals surface area contributed by atoms with Crippen molar-refractivity contribution < 1.29 is 4.79 Å². The van der Waals surface area contributed by atoms with E-state index in [0.29, 0.717) is 6.54 Å². The van der Waals surface area contributed by atoms with Crippen molar-refractivity contribution >= 4 is 17.4 Å². The van der Waals surface area contributed by atoms with Crippen molar-refractivity contribution in [2.24, 2.45) is 5.73 Å². The molecular formula is C29H36N6O. The number of carbonyl (C=O) groups is 1. The molecule has 0 spiro atoms. The molecule has 7 nitrogen and oxygen atoms in total. The van der Waals surface area contributed by atoms with Crippen LogP contribution >= 0.6 is 0 Å². The number of anilines is 2. The Morgan fingerprint density at radius 1 is 0.944 bits per heavy atom. The number of carbonyl (C=O) groups excluding carboxylic acids is 1. The van der Waals surface area contributed by atoms with Gasteiger partial charge in [0.2, 0.25) is 5.91 Å². The molecule has 2 N–H and O–H groups in total. The minimum atomic E-state index is -0.277. The number of hydrogen-bond acceptors (Lipinski definition) is 6. The van der Waals surface area contributed by atoms with E-state index in [-0.39, 0.29) is 11.9 Å². The first-order chi connectivity index (χ1) is 17.3. The second-order valence-electron chi connectivity index (χ2n) is 10.3. The lowest BCUT2D eigenvalue weighted by Gasteiger charge is -2.41. The van der Waals surface area contributed by atoms with Crippen molar-refractivity contribution in [2.75, 3.05) is 42.5 Å². The third kappa shape index (κ3) is 4.67. The van der Waals surface area contributed by atoms with Gasteiger partial charge in [-0.25, -0.2) is 9.97 Å². The fraction of sp³-hybridized carbons (Fsp3) is 0.414. The lowest BCUT2D eigenvalue weighted by Crippen LogP contribution is -2.54. The first-order valence-corrected chi connectivity index (χ1v) is 12.9. The second-order valence-corrected chi connectivity index (χ2v) is 10.3. The molecule has 0 saturated carbocycles. The van der Waals surface area contributed by atoms with Crippen molar-refractivity contribution in [1.29, 1.82) is 0 Å². The molecule has 7 heteroatoms. The minimum absolute atomic E-state index is 0.205. The number of aryl methyl sites for hydroxylation is 3. The predicted octanol–water partition coefficient (Wildman–Crippen LogP) is 3.63. The predicted molar refractivity (Wildman–Crippen MR) is 145 cm³/mol. The SMILES string of the molecule is Cc1ccccc1N1CCc2nc(-c3c(C)cccc3C)nc(N3CCN(CC(N)=O)[C@H](C)C3)c2C1. The molecule has 188 valence electrons. The van der Waals surface area contributed by atoms with Crippen molar-refractivity contribution in [3.63, 3.8) is 0 Å². The summed E-state index contributed by atoms with van der Waals surface area (Å²) in [6.45, 7) is 13.0. The first kappa shape index (κ1) is 24.3. The summed E-state index contributed by atoms with van der Waals surface area (Å²) in [6.07, 6.45) is 0.883. The Bertz CT molecular complexity index is 1270. The molecule has 2 aromatic carbocycles. The van der Waals surface area contributed by atoms with Crippen molar-refractivity contribution in [3.05, 3.63) is 70.4 Å². The number of primary amides is 1. The zero-order valence-electron chi connectivity index (χ0n) is 21.8. The number of hydrogen-bond donors (Lipinski definition) is 1. The third-order valence-corrected chi connectivity index (χ3v) is 7.62. The van der Waals surface area contributed by atoms with Gasteiger partial charge in [-0.2, -0.15) is 0 Å². The largest absolute Gasteiger partial charge is 0.369 e. The average Bonchev–Trinajstić information content (AvgIpc) is 2.84. The fourth-order valence-electron chi connectivity index (χ4n) is 5.68. The molecule has 1 saturated heterocycles. The highest BCUT2D eigenvalue weighted by molar-refractivity contribution is 5.76. The molecule has 0 aliphatic carbocycles. The van der Waals surface area contributed by atoms with Crippen LogP contribution in [-0.2, 0) is 17.8 Å². The molecule has 3 heterocycles. The molecule has 5 rings (SSSR count). The van der Waals surface area contributed by atoms with Crippen LogP contribution in [0.3, 0.4) is 0 Å². The van der Waals surface area contributed by atoms with Crippen LogP contribution in [0.1, 0.15) is 34.9 Å². The monoisotopic (exact) mass is 484 g/mol. The van der Waals surface area contributed by atoms with Crippen LogP contribution in [-0.4, -0.2) is 59.5 Å². The Balaban J connectivity index is 1.56. The van der Waals surface area contributed by atoms with Crippen LogP contribution in [0.5, 0.6) is 0 Å². The Kier molecular flexibility index (Phi) is 6.67. The van der Waals surface area contributed by atoms with Crippen molar-refractivity contribution in [2.45, 2.75) is 46.7 Å². The molecule has 1 aromatic heterocycles. The molecule has 1 amide bonds. The number of nitrogens with zero attached hydrogens (tertiary/aromatic N) is 5. The molecule has 0 bridgehead atoms. The summed E-state index contributed by atoms with van der Waals surface area (Å²) < 4.78 is 0. The molecular weight excluding hydrogens is 448 g/mol. The third-order valence-electron chi connectivity index (χ3n) is 7.62. The van der Waals surface area contributed by atoms with Gasteiger partial charge in [0.15, 0.2) is 5.82 Å². The molecule has 0 unspecified atom stereocenters. The maximum Gasteiger partial charge on any atom is 0.231 e. The lowest BCUT2D eigenvalue weighted by atomic mass is 9.99. The Hall–Kier alpha value is -3.45. The number of piperazine rings is 1. The van der Waals surface area contributed by atoms with Crippen LogP contribution in [0.2, 0.25) is 0 Å². The molecule has 0 radical (unpaired) electrons. The number of benzene rings is 2. The van der Waals surface area contributed by atoms with Gasteiger partial charge in [-0.15, -0.1) is 0 Å². The van der Waals surface area contributed by atoms with Gasteiger partial charge in [0.25, 0.3) is 0 Å². The summed E-state index contributed by atoms with van der Waals surface area (Å²) >= 11 is 0. The Labute approximate surface area is 213 Å². The van der Waals surface area contributed by atoms with E-state index < -0.39 is 0 Å². The summed E-state index contributed by atoms with van der Waals surface area (Å²) in [4.78, 5) is 29.0. The van der Waals surface area contributed by atoms with E-state index in [4.69, 9.17) is 15.7 Å². The molecule has 2 aliphatic rings. The van der Waals surface area contributed by atoms with E-state index in [0.717, 1.165) is 62.0 Å². The molecule has 2 aliphatic heterocycles. The smallest absolute Gasteiger partial charge is 0.231 e. The zero-order chi connectivity index (χ0) is 25.4. The van der Waals surface area contributed by atoms with Crippen LogP contribution < -0.4 is 15.5 Å². The summed E-state index contributed by atoms with van der Waals surface area (Å²) in [5.74, 6) is 1.57. The van der Waals surface area contributed by atoms with E-state index in [2.05, 4.69) is 84.9 Å². The van der Waals surface area contributed by atoms with E-state index >= 15 is 0 Å². The van der Waals surface area contributed by atoms with Gasteiger partial charge in [-0.3, -0.25) is 9.69 Å². The van der Waals surface area contributed by atoms with E-state index in [1.165, 1.54) is 27.9 Å². The van der Waals surface area contributed by atoms with E-state index in [9.17, 15) is 4.79 Å². The maximum absolute atomic E-state index is 11.6. The van der Waals surface area contributed by atoms with Crippen molar-refractivity contribution in [3.8, 4) is 11.4 Å². The number of aromatic nitrogens is 2. The summed E-state index contributed by atoms with van der Waals surface area (Å²) in [6, 6.07) is 15.1. The summed E-state index contributed by atoms with van der Waals surface area (Å²) in [5, 5.41) is 0. The van der Waals surface area contributed by atoms with Crippen LogP contribution in [0.25, 0.3) is 11.4 Å². The number of amides is 1. The average molecular weight is 485 g/mol. The Morgan fingerprint density at radius 3 is 2.36 bits per heavy atom. The van der Waals surface area contributed by atoms with Crippen LogP contribution in [0.4, 0.5) is 11.5 Å². The topological polar surface area (TPSA) is 78.6 Å². The highest BCUT2D eigenvalue weighted by atomic mass is 16.1. The number of nitrogens with two attached hydrogens (primary N) is 1. The standard InChI is InChI=1S/C29H36N6O/c1-19-8-5-6-11-25(19)34-13-12-24-23(17-34)29(35-15-14-33(18-26(30)36)22(4)16-35)32-28(31-24)27-20(2)9-7-10-21(27)3/h5-11,22H,12-18H2,1-4H3,(H2,30,36)/t22-/m1/s1. The molecule has 1 atom stereocenters. The van der Waals surface area contributed by atoms with Crippen molar-refractivity contribution in [1.82, 2.24) is 14.9 Å². The summed E-state index contributed by atoms with van der Waals surface area (Å²) in [5.41, 5.74) is 13.9. The van der Waals surface area contributed by atoms with Gasteiger partial charge in [0.1, 0.15) is 5.82 Å². The van der Waals surface area contributed by atoms with Gasteiger partial charge in [0.05, 0.1) is 12.2 Å². The molecule has 36 heavy (non-hydrogen) atoms. The fourth-order valence-corrected chi connectivity index (χ4v) is 5.68. The molecule has 3 aromatic rings. The number of fused-ring (bicyclic) bond motifs is 1. The van der Waals surface area contributed by atoms with Crippen LogP contribution in [0, 0.1) is 20.8 Å². The summed E-state index contributed by atoms with van der Waals surface area (Å²) in [7, 11) is 0. The molecule has 1 fully saturated rings. The van der Waals surface area contributed by atoms with E-state index in [1.54, 1.807) is 0 Å². The first-order valence-electron chi connectivity index (χ1n) is 12.9. The van der Waals surface area contributed by atoms with Gasteiger partial charge in [0, 0.05) is 62.0 Å². The second kappa shape index (κ2) is 9.90. The van der Waals surface area contributed by atoms with E-state index in [1.807, 2.05) is 0 Å². The van der Waals surface area contributed by atoms with Crippen LogP contribution in [0.15, 0.2) is 42.5 Å². The quantitative estimate of drug-likeness (QED) is 0.596. The van der Waals surface area contributed by atoms with Gasteiger partial charge in [-0.1, -0.05) is 36.4 Å². The number of para-hydroxylation sites is 1. The highest BCUT2D eigenvalue weighted by Gasteiger charge is 2.31. The highest BCUT2D eigenvalue weighted by Crippen LogP contribution is 2.35. The zero-order valence-corrected chi connectivity index (χ0v) is 21.8.